The maximum Gasteiger partial charge on any atom is 0.415 e. The molecule has 0 heterocycles. The maximum absolute atomic E-state index is 11.7. The highest BCUT2D eigenvalue weighted by Gasteiger charge is 2.21. The van der Waals surface area contributed by atoms with Crippen molar-refractivity contribution < 1.29 is 19.4 Å². The van der Waals surface area contributed by atoms with E-state index in [1.807, 2.05) is 6.07 Å². The molecule has 1 rings (SSSR count). The third kappa shape index (κ3) is 3.48. The standard InChI is InChI=1S/C12H15NO4/c1-3-13(10-7-5-4-6-8-10)12(16)17-9(2)11(14)15/h4-9H,3H2,1-2H3,(H,14,15). The molecule has 1 amide bonds. The van der Waals surface area contributed by atoms with Gasteiger partial charge in [0.05, 0.1) is 0 Å². The number of rotatable bonds is 4. The van der Waals surface area contributed by atoms with Crippen LogP contribution in [0.3, 0.4) is 0 Å². The van der Waals surface area contributed by atoms with E-state index in [9.17, 15) is 9.59 Å². The molecule has 0 aliphatic rings. The van der Waals surface area contributed by atoms with Crippen LogP contribution in [0, 0.1) is 0 Å². The summed E-state index contributed by atoms with van der Waals surface area (Å²) in [6.07, 6.45) is -1.81. The fraction of sp³-hybridized carbons (Fsp3) is 0.333. The van der Waals surface area contributed by atoms with Crippen LogP contribution in [-0.2, 0) is 9.53 Å². The summed E-state index contributed by atoms with van der Waals surface area (Å²) in [7, 11) is 0. The molecule has 0 saturated carbocycles. The molecule has 5 nitrogen and oxygen atoms in total. The van der Waals surface area contributed by atoms with E-state index in [-0.39, 0.29) is 0 Å². The molecule has 0 radical (unpaired) electrons. The topological polar surface area (TPSA) is 66.8 Å². The van der Waals surface area contributed by atoms with Crippen molar-refractivity contribution in [3.05, 3.63) is 30.3 Å². The van der Waals surface area contributed by atoms with Crippen molar-refractivity contribution in [3.63, 3.8) is 0 Å². The highest BCUT2D eigenvalue weighted by atomic mass is 16.6. The van der Waals surface area contributed by atoms with Crippen molar-refractivity contribution in [2.45, 2.75) is 20.0 Å². The van der Waals surface area contributed by atoms with Crippen LogP contribution in [0.5, 0.6) is 0 Å². The molecule has 5 heteroatoms. The fourth-order valence-electron chi connectivity index (χ4n) is 1.29. The Kier molecular flexibility index (Phi) is 4.51. The molecule has 0 spiro atoms. The van der Waals surface area contributed by atoms with Gasteiger partial charge in [-0.15, -0.1) is 0 Å². The Balaban J connectivity index is 2.75. The van der Waals surface area contributed by atoms with Gasteiger partial charge in [-0.05, 0) is 26.0 Å². The Morgan fingerprint density at radius 2 is 1.94 bits per heavy atom. The molecule has 0 bridgehead atoms. The van der Waals surface area contributed by atoms with E-state index in [1.165, 1.54) is 11.8 Å². The first-order valence-electron chi connectivity index (χ1n) is 5.32. The fourth-order valence-corrected chi connectivity index (χ4v) is 1.29. The Morgan fingerprint density at radius 1 is 1.35 bits per heavy atom. The van der Waals surface area contributed by atoms with Crippen molar-refractivity contribution in [1.82, 2.24) is 0 Å². The molecule has 0 aliphatic heterocycles. The highest BCUT2D eigenvalue weighted by molar-refractivity contribution is 5.89. The normalized spacial score (nSPS) is 11.6. The smallest absolute Gasteiger partial charge is 0.415 e. The first kappa shape index (κ1) is 13.0. The number of carbonyl (C=O) groups excluding carboxylic acids is 1. The van der Waals surface area contributed by atoms with E-state index in [2.05, 4.69) is 0 Å². The Labute approximate surface area is 99.6 Å². The minimum atomic E-state index is -1.16. The molecule has 0 fully saturated rings. The molecule has 1 aromatic rings. The van der Waals surface area contributed by atoms with E-state index >= 15 is 0 Å². The predicted octanol–water partition coefficient (Wildman–Crippen LogP) is 2.12. The number of hydrogen-bond acceptors (Lipinski definition) is 3. The Bertz CT molecular complexity index is 391. The number of para-hydroxylation sites is 1. The van der Waals surface area contributed by atoms with Crippen LogP contribution in [0.4, 0.5) is 10.5 Å². The molecule has 92 valence electrons. The lowest BCUT2D eigenvalue weighted by atomic mass is 10.3. The number of amides is 1. The quantitative estimate of drug-likeness (QED) is 0.871. The second-order valence-corrected chi connectivity index (χ2v) is 3.44. The number of benzene rings is 1. The zero-order valence-electron chi connectivity index (χ0n) is 9.79. The number of aliphatic carboxylic acids is 1. The van der Waals surface area contributed by atoms with Crippen molar-refractivity contribution in [3.8, 4) is 0 Å². The molecule has 1 N–H and O–H groups in total. The number of anilines is 1. The van der Waals surface area contributed by atoms with Gasteiger partial charge in [-0.25, -0.2) is 9.59 Å². The summed E-state index contributed by atoms with van der Waals surface area (Å²) in [5.41, 5.74) is 0.678. The monoisotopic (exact) mass is 237 g/mol. The van der Waals surface area contributed by atoms with Crippen LogP contribution in [0.1, 0.15) is 13.8 Å². The van der Waals surface area contributed by atoms with Gasteiger partial charge in [0.15, 0.2) is 6.10 Å². The number of carbonyl (C=O) groups is 2. The first-order chi connectivity index (χ1) is 8.06. The number of carboxylic acids is 1. The molecular weight excluding hydrogens is 222 g/mol. The van der Waals surface area contributed by atoms with Crippen LogP contribution >= 0.6 is 0 Å². The van der Waals surface area contributed by atoms with E-state index in [0.29, 0.717) is 12.2 Å². The minimum Gasteiger partial charge on any atom is -0.479 e. The largest absolute Gasteiger partial charge is 0.479 e. The molecular formula is C12H15NO4. The predicted molar refractivity (Wildman–Crippen MR) is 63.0 cm³/mol. The van der Waals surface area contributed by atoms with Gasteiger partial charge in [0, 0.05) is 12.2 Å². The molecule has 0 aliphatic carbocycles. The third-order valence-electron chi connectivity index (χ3n) is 2.23. The summed E-state index contributed by atoms with van der Waals surface area (Å²) in [5.74, 6) is -1.16. The summed E-state index contributed by atoms with van der Waals surface area (Å²) in [4.78, 5) is 23.7. The summed E-state index contributed by atoms with van der Waals surface area (Å²) >= 11 is 0. The van der Waals surface area contributed by atoms with Crippen LogP contribution < -0.4 is 4.90 Å². The molecule has 1 unspecified atom stereocenters. The van der Waals surface area contributed by atoms with E-state index in [4.69, 9.17) is 9.84 Å². The lowest BCUT2D eigenvalue weighted by Crippen LogP contribution is -2.35. The Morgan fingerprint density at radius 3 is 2.41 bits per heavy atom. The zero-order chi connectivity index (χ0) is 12.8. The number of nitrogens with zero attached hydrogens (tertiary/aromatic N) is 1. The second-order valence-electron chi connectivity index (χ2n) is 3.44. The molecule has 1 aromatic carbocycles. The zero-order valence-corrected chi connectivity index (χ0v) is 9.79. The highest BCUT2D eigenvalue weighted by Crippen LogP contribution is 2.14. The van der Waals surface area contributed by atoms with Gasteiger partial charge >= 0.3 is 12.1 Å². The van der Waals surface area contributed by atoms with Crippen molar-refractivity contribution in [2.75, 3.05) is 11.4 Å². The van der Waals surface area contributed by atoms with Crippen LogP contribution in [0.25, 0.3) is 0 Å². The van der Waals surface area contributed by atoms with E-state index in [0.717, 1.165) is 0 Å². The van der Waals surface area contributed by atoms with Crippen LogP contribution in [-0.4, -0.2) is 29.8 Å². The maximum atomic E-state index is 11.7. The average molecular weight is 237 g/mol. The third-order valence-corrected chi connectivity index (χ3v) is 2.23. The number of hydrogen-bond donors (Lipinski definition) is 1. The van der Waals surface area contributed by atoms with Gasteiger partial charge in [-0.2, -0.15) is 0 Å². The second kappa shape index (κ2) is 5.89. The van der Waals surface area contributed by atoms with Crippen LogP contribution in [0.2, 0.25) is 0 Å². The number of carboxylic acid groups (broad SMARTS) is 1. The molecule has 1 atom stereocenters. The van der Waals surface area contributed by atoms with Gasteiger partial charge < -0.3 is 9.84 Å². The van der Waals surface area contributed by atoms with Crippen molar-refractivity contribution in [1.29, 1.82) is 0 Å². The first-order valence-corrected chi connectivity index (χ1v) is 5.32. The summed E-state index contributed by atoms with van der Waals surface area (Å²) in [6, 6.07) is 8.95. The molecule has 17 heavy (non-hydrogen) atoms. The van der Waals surface area contributed by atoms with Gasteiger partial charge in [0.25, 0.3) is 0 Å². The van der Waals surface area contributed by atoms with E-state index in [1.54, 1.807) is 31.2 Å². The SMILES string of the molecule is CCN(C(=O)OC(C)C(=O)O)c1ccccc1. The van der Waals surface area contributed by atoms with E-state index < -0.39 is 18.2 Å². The number of ether oxygens (including phenoxy) is 1. The van der Waals surface area contributed by atoms with Gasteiger partial charge in [0.2, 0.25) is 0 Å². The van der Waals surface area contributed by atoms with Crippen LogP contribution in [0.15, 0.2) is 30.3 Å². The Hall–Kier alpha value is -2.04. The summed E-state index contributed by atoms with van der Waals surface area (Å²) in [5, 5.41) is 8.66. The molecule has 0 aromatic heterocycles. The lowest BCUT2D eigenvalue weighted by molar-refractivity contribution is -0.145. The lowest BCUT2D eigenvalue weighted by Gasteiger charge is -2.21. The van der Waals surface area contributed by atoms with Gasteiger partial charge in [0.1, 0.15) is 0 Å². The van der Waals surface area contributed by atoms with Gasteiger partial charge in [-0.1, -0.05) is 18.2 Å². The minimum absolute atomic E-state index is 0.412. The summed E-state index contributed by atoms with van der Waals surface area (Å²) < 4.78 is 4.81. The van der Waals surface area contributed by atoms with Crippen molar-refractivity contribution in [2.24, 2.45) is 0 Å². The van der Waals surface area contributed by atoms with Crippen molar-refractivity contribution >= 4 is 17.7 Å². The molecule has 0 saturated heterocycles. The van der Waals surface area contributed by atoms with Gasteiger partial charge in [-0.3, -0.25) is 4.90 Å². The summed E-state index contributed by atoms with van der Waals surface area (Å²) in [6.45, 7) is 3.52. The average Bonchev–Trinajstić information content (AvgIpc) is 2.31.